The standard InChI is InChI=1S/C28H29ClF2N6O3S/c1-28(12-2-3-19(30)13-28)25(17-4-6-18(29)7-5-17)26(35-36-32)27(38)34-24-15-33-14-23(31)22(24)11-8-20-16-37(20)41(39,40)21-9-10-21/h2-7,13-15,20-21,25-26H,8-12,16H2,1H3,(H,34,38)/t20-,25+,26?,28?,37?/m0/s1. The smallest absolute Gasteiger partial charge is 0.234 e. The number of hydrogen-bond acceptors (Lipinski definition) is 5. The zero-order chi connectivity index (χ0) is 29.4. The van der Waals surface area contributed by atoms with Crippen LogP contribution in [0.4, 0.5) is 14.5 Å². The van der Waals surface area contributed by atoms with Gasteiger partial charge in [0.25, 0.3) is 0 Å². The van der Waals surface area contributed by atoms with Crippen molar-refractivity contribution in [3.8, 4) is 0 Å². The summed E-state index contributed by atoms with van der Waals surface area (Å²) in [6.45, 7) is 2.17. The Morgan fingerprint density at radius 1 is 1.29 bits per heavy atom. The summed E-state index contributed by atoms with van der Waals surface area (Å²) in [5.74, 6) is -2.65. The van der Waals surface area contributed by atoms with Crippen molar-refractivity contribution in [1.82, 2.24) is 9.29 Å². The van der Waals surface area contributed by atoms with E-state index in [0.29, 0.717) is 42.8 Å². The molecule has 2 fully saturated rings. The number of hydrogen-bond donors (Lipinski definition) is 1. The Labute approximate surface area is 242 Å². The van der Waals surface area contributed by atoms with E-state index in [-0.39, 0.29) is 29.0 Å². The summed E-state index contributed by atoms with van der Waals surface area (Å²) in [7, 11) is -3.30. The molecule has 1 aliphatic heterocycles. The summed E-state index contributed by atoms with van der Waals surface area (Å²) < 4.78 is 55.8. The molecule has 13 heteroatoms. The number of halogens is 3. The number of benzene rings is 1. The van der Waals surface area contributed by atoms with Gasteiger partial charge in [-0.1, -0.05) is 41.8 Å². The van der Waals surface area contributed by atoms with Crippen molar-refractivity contribution in [1.29, 1.82) is 0 Å². The highest BCUT2D eigenvalue weighted by Gasteiger charge is 2.50. The summed E-state index contributed by atoms with van der Waals surface area (Å²) >= 11 is 6.09. The molecule has 0 bridgehead atoms. The van der Waals surface area contributed by atoms with Crippen molar-refractivity contribution in [3.63, 3.8) is 0 Å². The Bertz CT molecular complexity index is 1560. The maximum absolute atomic E-state index is 14.9. The zero-order valence-electron chi connectivity index (χ0n) is 22.3. The van der Waals surface area contributed by atoms with Gasteiger partial charge in [0.1, 0.15) is 17.7 Å². The Balaban J connectivity index is 1.40. The van der Waals surface area contributed by atoms with Gasteiger partial charge in [-0.05, 0) is 72.9 Å². The van der Waals surface area contributed by atoms with Crippen LogP contribution < -0.4 is 5.32 Å². The van der Waals surface area contributed by atoms with Crippen LogP contribution in [0.3, 0.4) is 0 Å². The van der Waals surface area contributed by atoms with Gasteiger partial charge in [0.05, 0.1) is 23.3 Å². The average molecular weight is 603 g/mol. The van der Waals surface area contributed by atoms with Crippen molar-refractivity contribution < 1.29 is 22.0 Å². The van der Waals surface area contributed by atoms with Gasteiger partial charge in [-0.2, -0.15) is 4.31 Å². The molecule has 3 aliphatic rings. The van der Waals surface area contributed by atoms with E-state index in [4.69, 9.17) is 11.6 Å². The minimum atomic E-state index is -3.30. The second-order valence-electron chi connectivity index (χ2n) is 11.0. The molecule has 2 aromatic rings. The summed E-state index contributed by atoms with van der Waals surface area (Å²) in [5, 5.41) is 6.67. The van der Waals surface area contributed by atoms with E-state index in [1.54, 1.807) is 37.3 Å². The SMILES string of the molecule is CC1([C@H](c2ccc(Cl)cc2)C(N=[N+]=[N-])C(=O)Nc2cncc(F)c2CC[C@H]2CN2S(=O)(=O)C2CC2)C=C(F)C=CC1. The highest BCUT2D eigenvalue weighted by atomic mass is 35.5. The minimum absolute atomic E-state index is 0.0932. The van der Waals surface area contributed by atoms with Crippen molar-refractivity contribution in [3.05, 3.63) is 93.1 Å². The lowest BCUT2D eigenvalue weighted by Crippen LogP contribution is -2.40. The molecular weight excluding hydrogens is 574 g/mol. The molecule has 2 heterocycles. The van der Waals surface area contributed by atoms with Gasteiger partial charge < -0.3 is 5.32 Å². The molecule has 9 nitrogen and oxygen atoms in total. The lowest BCUT2D eigenvalue weighted by atomic mass is 9.66. The molecule has 1 N–H and O–H groups in total. The first-order chi connectivity index (χ1) is 19.5. The van der Waals surface area contributed by atoms with Crippen LogP contribution in [0, 0.1) is 11.2 Å². The van der Waals surface area contributed by atoms with Crippen molar-refractivity contribution >= 4 is 33.2 Å². The van der Waals surface area contributed by atoms with E-state index in [0.717, 1.165) is 6.20 Å². The number of nitrogens with zero attached hydrogens (tertiary/aromatic N) is 5. The van der Waals surface area contributed by atoms with Crippen molar-refractivity contribution in [2.45, 2.75) is 62.3 Å². The summed E-state index contributed by atoms with van der Waals surface area (Å²) in [6, 6.07) is 5.10. The predicted octanol–water partition coefficient (Wildman–Crippen LogP) is 6.20. The van der Waals surface area contributed by atoms with Crippen LogP contribution in [-0.4, -0.2) is 47.5 Å². The third-order valence-corrected chi connectivity index (χ3v) is 10.6. The third-order valence-electron chi connectivity index (χ3n) is 7.93. The Hall–Kier alpha value is -3.31. The normalized spacial score (nSPS) is 25.0. The number of azide groups is 1. The molecule has 1 aromatic carbocycles. The van der Waals surface area contributed by atoms with E-state index in [2.05, 4.69) is 20.3 Å². The third kappa shape index (κ3) is 6.30. The van der Waals surface area contributed by atoms with Crippen LogP contribution in [0.5, 0.6) is 0 Å². The lowest BCUT2D eigenvalue weighted by molar-refractivity contribution is -0.118. The van der Waals surface area contributed by atoms with Crippen LogP contribution >= 0.6 is 11.6 Å². The van der Waals surface area contributed by atoms with Gasteiger partial charge in [0.2, 0.25) is 15.9 Å². The molecule has 0 radical (unpaired) electrons. The molecule has 1 saturated heterocycles. The number of carbonyl (C=O) groups is 1. The highest BCUT2D eigenvalue weighted by Crippen LogP contribution is 2.47. The minimum Gasteiger partial charge on any atom is -0.324 e. The number of nitrogens with one attached hydrogen (secondary N) is 1. The fourth-order valence-electron chi connectivity index (χ4n) is 5.59. The van der Waals surface area contributed by atoms with Crippen molar-refractivity contribution in [2.75, 3.05) is 11.9 Å². The largest absolute Gasteiger partial charge is 0.324 e. The van der Waals surface area contributed by atoms with Gasteiger partial charge in [0.15, 0.2) is 0 Å². The number of allylic oxidation sites excluding steroid dienone is 4. The number of rotatable bonds is 11. The molecule has 5 atom stereocenters. The number of aromatic nitrogens is 1. The first kappa shape index (κ1) is 29.2. The number of amides is 1. The van der Waals surface area contributed by atoms with Crippen LogP contribution in [0.25, 0.3) is 10.4 Å². The molecule has 1 amide bonds. The van der Waals surface area contributed by atoms with Gasteiger partial charge in [-0.3, -0.25) is 9.78 Å². The van der Waals surface area contributed by atoms with Crippen LogP contribution in [0.15, 0.2) is 65.8 Å². The molecule has 0 spiro atoms. The molecule has 1 aromatic heterocycles. The molecule has 1 saturated carbocycles. The molecular formula is C28H29ClF2N6O3S. The first-order valence-corrected chi connectivity index (χ1v) is 15.2. The molecule has 3 unspecified atom stereocenters. The average Bonchev–Trinajstić information content (AvgIpc) is 3.83. The van der Waals surface area contributed by atoms with E-state index in [1.165, 1.54) is 22.7 Å². The fourth-order valence-corrected chi connectivity index (χ4v) is 7.73. The van der Waals surface area contributed by atoms with Gasteiger partial charge in [0, 0.05) is 34.0 Å². The van der Waals surface area contributed by atoms with Gasteiger partial charge in [-0.15, -0.1) is 0 Å². The Morgan fingerprint density at radius 3 is 2.68 bits per heavy atom. The predicted molar refractivity (Wildman–Crippen MR) is 152 cm³/mol. The first-order valence-electron chi connectivity index (χ1n) is 13.3. The van der Waals surface area contributed by atoms with E-state index >= 15 is 0 Å². The van der Waals surface area contributed by atoms with Crippen molar-refractivity contribution in [2.24, 2.45) is 10.5 Å². The maximum atomic E-state index is 14.9. The van der Waals surface area contributed by atoms with Gasteiger partial charge in [-0.25, -0.2) is 17.2 Å². The van der Waals surface area contributed by atoms with E-state index < -0.39 is 44.9 Å². The van der Waals surface area contributed by atoms with Crippen LogP contribution in [-0.2, 0) is 21.2 Å². The van der Waals surface area contributed by atoms with E-state index in [1.807, 2.05) is 0 Å². The Morgan fingerprint density at radius 2 is 2.02 bits per heavy atom. The molecule has 216 valence electrons. The monoisotopic (exact) mass is 602 g/mol. The highest BCUT2D eigenvalue weighted by molar-refractivity contribution is 7.90. The summed E-state index contributed by atoms with van der Waals surface area (Å²) in [6.07, 6.45) is 8.97. The Kier molecular flexibility index (Phi) is 8.20. The maximum Gasteiger partial charge on any atom is 0.234 e. The summed E-state index contributed by atoms with van der Waals surface area (Å²) in [5.41, 5.74) is 9.36. The molecule has 2 aliphatic carbocycles. The fraction of sp³-hybridized carbons (Fsp3) is 0.429. The second-order valence-corrected chi connectivity index (χ2v) is 13.6. The quantitative estimate of drug-likeness (QED) is 0.142. The number of pyridine rings is 1. The van der Waals surface area contributed by atoms with E-state index in [9.17, 15) is 27.5 Å². The second kappa shape index (κ2) is 11.5. The number of anilines is 1. The van der Waals surface area contributed by atoms with Gasteiger partial charge >= 0.3 is 0 Å². The lowest BCUT2D eigenvalue weighted by Gasteiger charge is -2.39. The van der Waals surface area contributed by atoms with Crippen LogP contribution in [0.2, 0.25) is 5.02 Å². The topological polar surface area (TPSA) is 128 Å². The summed E-state index contributed by atoms with van der Waals surface area (Å²) in [4.78, 5) is 20.6. The molecule has 41 heavy (non-hydrogen) atoms. The number of carbonyl (C=O) groups excluding carboxylic acids is 1. The van der Waals surface area contributed by atoms with Crippen LogP contribution in [0.1, 0.15) is 49.7 Å². The number of sulfonamides is 1. The zero-order valence-corrected chi connectivity index (χ0v) is 23.8. The molecule has 5 rings (SSSR count).